The van der Waals surface area contributed by atoms with E-state index in [1.165, 1.54) is 4.31 Å². The van der Waals surface area contributed by atoms with Crippen LogP contribution in [-0.4, -0.2) is 42.8 Å². The van der Waals surface area contributed by atoms with E-state index in [0.29, 0.717) is 6.42 Å². The number of hydrogen-bond acceptors (Lipinski definition) is 3. The quantitative estimate of drug-likeness (QED) is 0.629. The summed E-state index contributed by atoms with van der Waals surface area (Å²) in [7, 11) is -3.03. The zero-order valence-corrected chi connectivity index (χ0v) is 7.34. The first kappa shape index (κ1) is 8.96. The van der Waals surface area contributed by atoms with Crippen molar-refractivity contribution in [2.75, 3.05) is 18.8 Å². The molecular formula is C6H13NO3S. The molecule has 1 saturated heterocycles. The molecule has 0 unspecified atom stereocenters. The molecule has 1 N–H and O–H groups in total. The van der Waals surface area contributed by atoms with Crippen LogP contribution < -0.4 is 0 Å². The van der Waals surface area contributed by atoms with Crippen molar-refractivity contribution in [3.05, 3.63) is 0 Å². The maximum atomic E-state index is 11.2. The van der Waals surface area contributed by atoms with Crippen LogP contribution in [0.4, 0.5) is 0 Å². The lowest BCUT2D eigenvalue weighted by Gasteiger charge is -2.34. The van der Waals surface area contributed by atoms with Gasteiger partial charge in [0.2, 0.25) is 10.0 Å². The van der Waals surface area contributed by atoms with Crippen molar-refractivity contribution in [3.63, 3.8) is 0 Å². The second-order valence-corrected chi connectivity index (χ2v) is 4.88. The van der Waals surface area contributed by atoms with Gasteiger partial charge in [-0.05, 0) is 6.42 Å². The highest BCUT2D eigenvalue weighted by atomic mass is 32.2. The average Bonchev–Trinajstić information content (AvgIpc) is 1.81. The molecule has 0 aliphatic carbocycles. The zero-order chi connectivity index (χ0) is 8.48. The molecule has 0 amide bonds. The van der Waals surface area contributed by atoms with E-state index >= 15 is 0 Å². The van der Waals surface area contributed by atoms with Crippen LogP contribution in [0.3, 0.4) is 0 Å². The van der Waals surface area contributed by atoms with E-state index in [2.05, 4.69) is 0 Å². The Hall–Kier alpha value is -0.130. The highest BCUT2D eigenvalue weighted by molar-refractivity contribution is 7.89. The number of aliphatic hydroxyl groups is 1. The summed E-state index contributed by atoms with van der Waals surface area (Å²) in [4.78, 5) is 0. The summed E-state index contributed by atoms with van der Waals surface area (Å²) >= 11 is 0. The number of nitrogens with zero attached hydrogens (tertiary/aromatic N) is 1. The fourth-order valence-corrected chi connectivity index (χ4v) is 2.60. The van der Waals surface area contributed by atoms with Gasteiger partial charge in [0.1, 0.15) is 0 Å². The van der Waals surface area contributed by atoms with Gasteiger partial charge < -0.3 is 5.11 Å². The van der Waals surface area contributed by atoms with Crippen molar-refractivity contribution in [2.24, 2.45) is 0 Å². The minimum atomic E-state index is -3.03. The summed E-state index contributed by atoms with van der Waals surface area (Å²) in [5, 5.41) is 8.84. The second kappa shape index (κ2) is 3.08. The summed E-state index contributed by atoms with van der Waals surface area (Å²) in [6.45, 7) is 2.39. The van der Waals surface area contributed by atoms with E-state index < -0.39 is 16.1 Å². The van der Waals surface area contributed by atoms with Crippen molar-refractivity contribution >= 4 is 10.0 Å². The molecule has 0 spiro atoms. The molecule has 1 aliphatic rings. The Bertz CT molecular complexity index is 218. The maximum absolute atomic E-state index is 11.2. The predicted octanol–water partition coefficient (Wildman–Crippen LogP) is -0.597. The second-order valence-electron chi connectivity index (χ2n) is 2.79. The van der Waals surface area contributed by atoms with Crippen molar-refractivity contribution < 1.29 is 13.5 Å². The van der Waals surface area contributed by atoms with E-state index in [1.807, 2.05) is 6.92 Å². The molecule has 1 rings (SSSR count). The largest absolute Gasteiger partial charge is 0.390 e. The third-order valence-electron chi connectivity index (χ3n) is 1.68. The molecule has 0 aromatic carbocycles. The number of hydrogen-bond donors (Lipinski definition) is 1. The molecule has 1 aliphatic heterocycles. The standard InChI is InChI=1S/C6H13NO3S/c1-2-3-11(9,10)7-4-6(8)5-7/h6,8H,2-5H2,1H3. The Kier molecular flexibility index (Phi) is 2.51. The van der Waals surface area contributed by atoms with Crippen molar-refractivity contribution in [1.29, 1.82) is 0 Å². The molecule has 0 saturated carbocycles. The van der Waals surface area contributed by atoms with E-state index in [4.69, 9.17) is 5.11 Å². The third kappa shape index (κ3) is 1.91. The highest BCUT2D eigenvalue weighted by Crippen LogP contribution is 2.13. The maximum Gasteiger partial charge on any atom is 0.214 e. The predicted molar refractivity (Wildman–Crippen MR) is 41.7 cm³/mol. The molecule has 1 fully saturated rings. The first-order chi connectivity index (χ1) is 5.06. The number of rotatable bonds is 3. The molecule has 0 atom stereocenters. The molecule has 11 heavy (non-hydrogen) atoms. The molecule has 0 aromatic heterocycles. The zero-order valence-electron chi connectivity index (χ0n) is 6.52. The normalized spacial score (nSPS) is 21.6. The van der Waals surface area contributed by atoms with Crippen LogP contribution in [-0.2, 0) is 10.0 Å². The van der Waals surface area contributed by atoms with Gasteiger partial charge in [0.15, 0.2) is 0 Å². The van der Waals surface area contributed by atoms with E-state index in [0.717, 1.165) is 0 Å². The van der Waals surface area contributed by atoms with Gasteiger partial charge in [0, 0.05) is 13.1 Å². The minimum Gasteiger partial charge on any atom is -0.390 e. The average molecular weight is 179 g/mol. The Labute approximate surface area is 66.9 Å². The Morgan fingerprint density at radius 3 is 2.45 bits per heavy atom. The van der Waals surface area contributed by atoms with E-state index in [9.17, 15) is 8.42 Å². The highest BCUT2D eigenvalue weighted by Gasteiger charge is 2.33. The fraction of sp³-hybridized carbons (Fsp3) is 1.00. The van der Waals surface area contributed by atoms with Crippen LogP contribution in [0, 0.1) is 0 Å². The summed E-state index contributed by atoms with van der Waals surface area (Å²) in [6, 6.07) is 0. The van der Waals surface area contributed by atoms with E-state index in [-0.39, 0.29) is 18.8 Å². The fourth-order valence-electron chi connectivity index (χ4n) is 1.03. The Morgan fingerprint density at radius 2 is 2.09 bits per heavy atom. The molecule has 0 radical (unpaired) electrons. The summed E-state index contributed by atoms with van der Waals surface area (Å²) in [5.74, 6) is 0.194. The topological polar surface area (TPSA) is 57.6 Å². The first-order valence-electron chi connectivity index (χ1n) is 3.72. The minimum absolute atomic E-state index is 0.194. The van der Waals surface area contributed by atoms with Gasteiger partial charge in [-0.3, -0.25) is 0 Å². The number of sulfonamides is 1. The number of β-amino-alcohol motifs (C(OH)–C–C–N with tert-alkyl or cyclic N) is 1. The van der Waals surface area contributed by atoms with Gasteiger partial charge in [-0.2, -0.15) is 4.31 Å². The molecule has 5 heteroatoms. The molecule has 0 aromatic rings. The van der Waals surface area contributed by atoms with Crippen molar-refractivity contribution in [1.82, 2.24) is 4.31 Å². The third-order valence-corrected chi connectivity index (χ3v) is 3.69. The van der Waals surface area contributed by atoms with Crippen LogP contribution in [0.1, 0.15) is 13.3 Å². The summed E-state index contributed by atoms with van der Waals surface area (Å²) in [6.07, 6.45) is 0.191. The van der Waals surface area contributed by atoms with Crippen LogP contribution in [0.2, 0.25) is 0 Å². The van der Waals surface area contributed by atoms with Crippen LogP contribution in [0.5, 0.6) is 0 Å². The number of aliphatic hydroxyl groups excluding tert-OH is 1. The summed E-state index contributed by atoms with van der Waals surface area (Å²) in [5.41, 5.74) is 0. The van der Waals surface area contributed by atoms with Crippen molar-refractivity contribution in [2.45, 2.75) is 19.4 Å². The van der Waals surface area contributed by atoms with E-state index in [1.54, 1.807) is 0 Å². The van der Waals surface area contributed by atoms with Gasteiger partial charge >= 0.3 is 0 Å². The molecule has 4 nitrogen and oxygen atoms in total. The van der Waals surface area contributed by atoms with Crippen molar-refractivity contribution in [3.8, 4) is 0 Å². The van der Waals surface area contributed by atoms with Crippen LogP contribution in [0.15, 0.2) is 0 Å². The van der Waals surface area contributed by atoms with Gasteiger partial charge in [0.05, 0.1) is 11.9 Å². The lowest BCUT2D eigenvalue weighted by atomic mass is 10.2. The molecular weight excluding hydrogens is 166 g/mol. The van der Waals surface area contributed by atoms with Crippen LogP contribution >= 0.6 is 0 Å². The lowest BCUT2D eigenvalue weighted by Crippen LogP contribution is -2.53. The summed E-state index contributed by atoms with van der Waals surface area (Å²) < 4.78 is 23.7. The Balaban J connectivity index is 2.47. The van der Waals surface area contributed by atoms with Gasteiger partial charge in [-0.15, -0.1) is 0 Å². The van der Waals surface area contributed by atoms with Gasteiger partial charge in [-0.1, -0.05) is 6.92 Å². The molecule has 66 valence electrons. The first-order valence-corrected chi connectivity index (χ1v) is 5.33. The SMILES string of the molecule is CCCS(=O)(=O)N1CC(O)C1. The van der Waals surface area contributed by atoms with Gasteiger partial charge in [-0.25, -0.2) is 8.42 Å². The van der Waals surface area contributed by atoms with Gasteiger partial charge in [0.25, 0.3) is 0 Å². The monoisotopic (exact) mass is 179 g/mol. The smallest absolute Gasteiger partial charge is 0.214 e. The molecule has 0 bridgehead atoms. The molecule has 1 heterocycles. The van der Waals surface area contributed by atoms with Crippen LogP contribution in [0.25, 0.3) is 0 Å². The Morgan fingerprint density at radius 1 is 1.55 bits per heavy atom. The lowest BCUT2D eigenvalue weighted by molar-refractivity contribution is 0.0548.